The van der Waals surface area contributed by atoms with E-state index in [1.807, 2.05) is 36.4 Å². The standard InChI is InChI=1S/C21H22N4O2S/c1-14-10-19(15(2)25(14)12-18-8-5-9-27-18)20-13-28-21(24-23-20)22-16-6-4-7-17(11-16)26-3/h4-11,13,23H,12H2,1-3H3,(H,22,24). The molecule has 28 heavy (non-hydrogen) atoms. The van der Waals surface area contributed by atoms with Crippen molar-refractivity contribution in [2.24, 2.45) is 4.99 Å². The van der Waals surface area contributed by atoms with Crippen molar-refractivity contribution in [2.75, 3.05) is 7.11 Å². The van der Waals surface area contributed by atoms with Gasteiger partial charge in [0.2, 0.25) is 0 Å². The maximum atomic E-state index is 5.50. The molecule has 2 N–H and O–H groups in total. The van der Waals surface area contributed by atoms with Crippen molar-refractivity contribution in [1.82, 2.24) is 15.4 Å². The van der Waals surface area contributed by atoms with Crippen LogP contribution in [0.4, 0.5) is 5.69 Å². The predicted octanol–water partition coefficient (Wildman–Crippen LogP) is 4.58. The Morgan fingerprint density at radius 3 is 2.75 bits per heavy atom. The summed E-state index contributed by atoms with van der Waals surface area (Å²) >= 11 is 1.55. The molecule has 7 heteroatoms. The zero-order valence-electron chi connectivity index (χ0n) is 16.0. The van der Waals surface area contributed by atoms with E-state index in [1.165, 1.54) is 11.4 Å². The molecule has 0 aliphatic carbocycles. The molecule has 0 saturated carbocycles. The molecule has 3 aromatic rings. The minimum Gasteiger partial charge on any atom is -0.497 e. The third kappa shape index (κ3) is 3.80. The number of aryl methyl sites for hydroxylation is 1. The Bertz CT molecular complexity index is 1030. The molecule has 0 unspecified atom stereocenters. The lowest BCUT2D eigenvalue weighted by molar-refractivity contribution is 0.415. The number of methoxy groups -OCH3 is 1. The molecule has 2 aromatic heterocycles. The fourth-order valence-electron chi connectivity index (χ4n) is 3.15. The van der Waals surface area contributed by atoms with Crippen LogP contribution in [-0.4, -0.2) is 16.8 Å². The summed E-state index contributed by atoms with van der Waals surface area (Å²) in [5, 5.41) is 2.86. The third-order valence-electron chi connectivity index (χ3n) is 4.63. The molecule has 0 bridgehead atoms. The van der Waals surface area contributed by atoms with Gasteiger partial charge in [-0.05, 0) is 44.2 Å². The van der Waals surface area contributed by atoms with E-state index in [4.69, 9.17) is 9.15 Å². The number of nitrogens with one attached hydrogen (secondary N) is 2. The van der Waals surface area contributed by atoms with Crippen LogP contribution in [-0.2, 0) is 6.54 Å². The molecule has 144 valence electrons. The van der Waals surface area contributed by atoms with Crippen LogP contribution >= 0.6 is 11.8 Å². The van der Waals surface area contributed by atoms with Crippen LogP contribution in [0.15, 0.2) is 63.5 Å². The summed E-state index contributed by atoms with van der Waals surface area (Å²) in [6, 6.07) is 13.8. The van der Waals surface area contributed by atoms with Crippen molar-refractivity contribution < 1.29 is 9.15 Å². The van der Waals surface area contributed by atoms with E-state index in [9.17, 15) is 0 Å². The molecule has 0 spiro atoms. The van der Waals surface area contributed by atoms with Gasteiger partial charge in [-0.1, -0.05) is 17.8 Å². The molecule has 1 aliphatic rings. The van der Waals surface area contributed by atoms with Gasteiger partial charge >= 0.3 is 0 Å². The Labute approximate surface area is 168 Å². The minimum absolute atomic E-state index is 0.723. The highest BCUT2D eigenvalue weighted by Crippen LogP contribution is 2.28. The van der Waals surface area contributed by atoms with Crippen molar-refractivity contribution >= 4 is 28.3 Å². The van der Waals surface area contributed by atoms with Crippen molar-refractivity contribution in [3.05, 3.63) is 76.8 Å². The van der Waals surface area contributed by atoms with E-state index in [0.717, 1.165) is 40.2 Å². The number of amidine groups is 1. The lowest BCUT2D eigenvalue weighted by Crippen LogP contribution is -2.36. The van der Waals surface area contributed by atoms with Gasteiger partial charge in [-0.15, -0.1) is 0 Å². The number of hydrazine groups is 1. The Balaban J connectivity index is 1.53. The van der Waals surface area contributed by atoms with Gasteiger partial charge in [0.05, 0.1) is 31.3 Å². The van der Waals surface area contributed by atoms with E-state index < -0.39 is 0 Å². The fraction of sp³-hybridized carbons (Fsp3) is 0.190. The van der Waals surface area contributed by atoms with Crippen LogP contribution in [0.5, 0.6) is 5.75 Å². The summed E-state index contributed by atoms with van der Waals surface area (Å²) in [4.78, 5) is 4.61. The molecular weight excluding hydrogens is 372 g/mol. The Hall–Kier alpha value is -3.06. The number of ether oxygens (including phenoxy) is 1. The zero-order chi connectivity index (χ0) is 19.5. The number of rotatable bonds is 5. The lowest BCUT2D eigenvalue weighted by Gasteiger charge is -2.19. The number of furan rings is 1. The number of benzene rings is 1. The van der Waals surface area contributed by atoms with Crippen LogP contribution in [0.2, 0.25) is 0 Å². The second kappa shape index (κ2) is 7.90. The lowest BCUT2D eigenvalue weighted by atomic mass is 10.2. The number of aliphatic imine (C=N–C) groups is 1. The summed E-state index contributed by atoms with van der Waals surface area (Å²) in [6.45, 7) is 4.96. The van der Waals surface area contributed by atoms with Crippen LogP contribution in [0.3, 0.4) is 0 Å². The van der Waals surface area contributed by atoms with Crippen molar-refractivity contribution in [3.63, 3.8) is 0 Å². The number of hydrogen-bond acceptors (Lipinski definition) is 5. The summed E-state index contributed by atoms with van der Waals surface area (Å²) in [5.74, 6) is 1.73. The normalized spacial score (nSPS) is 15.1. The van der Waals surface area contributed by atoms with Gasteiger partial charge < -0.3 is 13.7 Å². The predicted molar refractivity (Wildman–Crippen MR) is 114 cm³/mol. The van der Waals surface area contributed by atoms with Crippen LogP contribution in [0.1, 0.15) is 22.7 Å². The monoisotopic (exact) mass is 394 g/mol. The Morgan fingerprint density at radius 2 is 2.04 bits per heavy atom. The van der Waals surface area contributed by atoms with Gasteiger partial charge in [-0.25, -0.2) is 4.99 Å². The first-order valence-corrected chi connectivity index (χ1v) is 9.83. The third-order valence-corrected chi connectivity index (χ3v) is 5.40. The number of aromatic nitrogens is 1. The van der Waals surface area contributed by atoms with Gasteiger partial charge in [-0.2, -0.15) is 0 Å². The SMILES string of the molecule is COc1cccc(N=C2NNC(c3cc(C)n(Cc4ccco4)c3C)=CS2)c1. The Morgan fingerprint density at radius 1 is 1.14 bits per heavy atom. The highest BCUT2D eigenvalue weighted by atomic mass is 32.2. The van der Waals surface area contributed by atoms with Gasteiger partial charge in [0.25, 0.3) is 0 Å². The first kappa shape index (κ1) is 18.3. The zero-order valence-corrected chi connectivity index (χ0v) is 16.8. The number of hydrogen-bond donors (Lipinski definition) is 2. The van der Waals surface area contributed by atoms with Gasteiger partial charge in [0.15, 0.2) is 5.17 Å². The summed E-state index contributed by atoms with van der Waals surface area (Å²) < 4.78 is 13.0. The minimum atomic E-state index is 0.723. The van der Waals surface area contributed by atoms with E-state index in [2.05, 4.69) is 45.7 Å². The van der Waals surface area contributed by atoms with Crippen molar-refractivity contribution in [2.45, 2.75) is 20.4 Å². The molecule has 1 aliphatic heterocycles. The molecule has 0 radical (unpaired) electrons. The highest BCUT2D eigenvalue weighted by Gasteiger charge is 2.17. The quantitative estimate of drug-likeness (QED) is 0.663. The molecule has 3 heterocycles. The van der Waals surface area contributed by atoms with E-state index >= 15 is 0 Å². The molecule has 0 fully saturated rings. The highest BCUT2D eigenvalue weighted by molar-refractivity contribution is 8.16. The van der Waals surface area contributed by atoms with E-state index in [1.54, 1.807) is 25.1 Å². The fourth-order valence-corrected chi connectivity index (χ4v) is 3.84. The second-order valence-corrected chi connectivity index (χ2v) is 7.33. The van der Waals surface area contributed by atoms with Crippen LogP contribution in [0, 0.1) is 13.8 Å². The maximum Gasteiger partial charge on any atom is 0.184 e. The molecule has 0 atom stereocenters. The average Bonchev–Trinajstić information content (AvgIpc) is 3.33. The molecule has 0 amide bonds. The summed E-state index contributed by atoms with van der Waals surface area (Å²) in [7, 11) is 1.65. The number of thioether (sulfide) groups is 1. The maximum absolute atomic E-state index is 5.50. The van der Waals surface area contributed by atoms with Crippen LogP contribution < -0.4 is 15.6 Å². The smallest absolute Gasteiger partial charge is 0.184 e. The first-order valence-electron chi connectivity index (χ1n) is 8.95. The van der Waals surface area contributed by atoms with E-state index in [0.29, 0.717) is 0 Å². The second-order valence-electron chi connectivity index (χ2n) is 6.47. The topological polar surface area (TPSA) is 63.7 Å². The van der Waals surface area contributed by atoms with Gasteiger partial charge in [0, 0.05) is 28.4 Å². The number of nitrogens with zero attached hydrogens (tertiary/aromatic N) is 2. The summed E-state index contributed by atoms with van der Waals surface area (Å²) in [6.07, 6.45) is 1.71. The largest absolute Gasteiger partial charge is 0.497 e. The van der Waals surface area contributed by atoms with Gasteiger partial charge in [0.1, 0.15) is 11.5 Å². The van der Waals surface area contributed by atoms with Crippen LogP contribution in [0.25, 0.3) is 5.70 Å². The molecule has 1 aromatic carbocycles. The van der Waals surface area contributed by atoms with Crippen molar-refractivity contribution in [3.8, 4) is 5.75 Å². The summed E-state index contributed by atoms with van der Waals surface area (Å²) in [5.41, 5.74) is 11.8. The molecule has 6 nitrogen and oxygen atoms in total. The van der Waals surface area contributed by atoms with E-state index in [-0.39, 0.29) is 0 Å². The first-order chi connectivity index (χ1) is 13.6. The van der Waals surface area contributed by atoms with Crippen molar-refractivity contribution in [1.29, 1.82) is 0 Å². The van der Waals surface area contributed by atoms with Gasteiger partial charge in [-0.3, -0.25) is 10.9 Å². The molecule has 4 rings (SSSR count). The molecule has 0 saturated heterocycles. The average molecular weight is 395 g/mol. The molecular formula is C21H22N4O2S. The Kier molecular flexibility index (Phi) is 5.16.